The first kappa shape index (κ1) is 11.4. The Bertz CT molecular complexity index is 180. The minimum atomic E-state index is 0.555. The van der Waals surface area contributed by atoms with E-state index in [1.165, 1.54) is 38.8 Å². The van der Waals surface area contributed by atoms with Gasteiger partial charge in [0.1, 0.15) is 0 Å². The summed E-state index contributed by atoms with van der Waals surface area (Å²) in [6.07, 6.45) is 5.56. The zero-order valence-corrected chi connectivity index (χ0v) is 9.87. The summed E-state index contributed by atoms with van der Waals surface area (Å²) in [5, 5.41) is 3.54. The Kier molecular flexibility index (Phi) is 4.42. The number of nitrogens with one attached hydrogen (secondary N) is 1. The zero-order chi connectivity index (χ0) is 10.5. The van der Waals surface area contributed by atoms with Crippen molar-refractivity contribution in [1.29, 1.82) is 0 Å². The van der Waals surface area contributed by atoms with Crippen molar-refractivity contribution in [2.75, 3.05) is 32.8 Å². The lowest BCUT2D eigenvalue weighted by atomic mass is 10.1. The van der Waals surface area contributed by atoms with Gasteiger partial charge in [-0.25, -0.2) is 0 Å². The van der Waals surface area contributed by atoms with Crippen molar-refractivity contribution in [3.05, 3.63) is 0 Å². The molecule has 2 aliphatic rings. The van der Waals surface area contributed by atoms with E-state index in [0.29, 0.717) is 6.04 Å². The number of rotatable bonds is 2. The van der Waals surface area contributed by atoms with Gasteiger partial charge in [-0.05, 0) is 26.3 Å². The first-order chi connectivity index (χ1) is 7.36. The molecule has 88 valence electrons. The van der Waals surface area contributed by atoms with Crippen LogP contribution in [-0.4, -0.2) is 49.8 Å². The minimum Gasteiger partial charge on any atom is -0.378 e. The molecule has 0 saturated carbocycles. The summed E-state index contributed by atoms with van der Waals surface area (Å²) in [5.41, 5.74) is 0. The maximum Gasteiger partial charge on any atom is 0.0632 e. The predicted octanol–water partition coefficient (Wildman–Crippen LogP) is 1.24. The largest absolute Gasteiger partial charge is 0.378 e. The topological polar surface area (TPSA) is 24.5 Å². The highest BCUT2D eigenvalue weighted by Gasteiger charge is 2.21. The molecule has 3 heteroatoms. The van der Waals surface area contributed by atoms with Crippen molar-refractivity contribution in [2.24, 2.45) is 0 Å². The van der Waals surface area contributed by atoms with Crippen LogP contribution < -0.4 is 5.32 Å². The van der Waals surface area contributed by atoms with Gasteiger partial charge in [-0.15, -0.1) is 0 Å². The Balaban J connectivity index is 1.79. The van der Waals surface area contributed by atoms with Crippen LogP contribution >= 0.6 is 0 Å². The van der Waals surface area contributed by atoms with Gasteiger partial charge in [0.05, 0.1) is 13.2 Å². The van der Waals surface area contributed by atoms with E-state index in [4.69, 9.17) is 4.74 Å². The number of nitrogens with zero attached hydrogens (tertiary/aromatic N) is 1. The third-order valence-corrected chi connectivity index (χ3v) is 3.64. The van der Waals surface area contributed by atoms with E-state index in [-0.39, 0.29) is 0 Å². The van der Waals surface area contributed by atoms with Gasteiger partial charge >= 0.3 is 0 Å². The van der Waals surface area contributed by atoms with Gasteiger partial charge in [0.15, 0.2) is 0 Å². The Hall–Kier alpha value is -0.120. The van der Waals surface area contributed by atoms with Crippen molar-refractivity contribution in [2.45, 2.75) is 44.7 Å². The first-order valence-electron chi connectivity index (χ1n) is 6.41. The van der Waals surface area contributed by atoms with Gasteiger partial charge in [0.25, 0.3) is 0 Å². The Morgan fingerprint density at radius 2 is 2.27 bits per heavy atom. The van der Waals surface area contributed by atoms with Crippen molar-refractivity contribution in [3.8, 4) is 0 Å². The summed E-state index contributed by atoms with van der Waals surface area (Å²) in [7, 11) is 0. The molecule has 2 heterocycles. The number of likely N-dealkylation sites (tertiary alicyclic amines) is 1. The van der Waals surface area contributed by atoms with E-state index >= 15 is 0 Å². The molecule has 3 nitrogen and oxygen atoms in total. The average molecular weight is 212 g/mol. The van der Waals surface area contributed by atoms with Crippen LogP contribution in [0.5, 0.6) is 0 Å². The summed E-state index contributed by atoms with van der Waals surface area (Å²) in [5.74, 6) is 0. The van der Waals surface area contributed by atoms with Crippen molar-refractivity contribution < 1.29 is 4.74 Å². The lowest BCUT2D eigenvalue weighted by molar-refractivity contribution is 0.0560. The van der Waals surface area contributed by atoms with Gasteiger partial charge in [-0.1, -0.05) is 12.8 Å². The van der Waals surface area contributed by atoms with Gasteiger partial charge in [-0.2, -0.15) is 0 Å². The van der Waals surface area contributed by atoms with E-state index < -0.39 is 0 Å². The van der Waals surface area contributed by atoms with Crippen molar-refractivity contribution in [1.82, 2.24) is 10.2 Å². The van der Waals surface area contributed by atoms with Crippen LogP contribution in [-0.2, 0) is 4.74 Å². The molecule has 2 aliphatic heterocycles. The molecule has 2 saturated heterocycles. The summed E-state index contributed by atoms with van der Waals surface area (Å²) in [6, 6.07) is 1.32. The lowest BCUT2D eigenvalue weighted by Crippen LogP contribution is -2.50. The molecule has 0 aromatic heterocycles. The molecule has 0 aromatic carbocycles. The molecule has 0 amide bonds. The van der Waals surface area contributed by atoms with E-state index in [2.05, 4.69) is 17.1 Å². The molecule has 2 fully saturated rings. The van der Waals surface area contributed by atoms with Gasteiger partial charge in [-0.3, -0.25) is 4.90 Å². The van der Waals surface area contributed by atoms with E-state index in [1.807, 2.05) is 0 Å². The zero-order valence-electron chi connectivity index (χ0n) is 9.87. The standard InChI is InChI=1S/C12H24N2O/c1-11-5-3-2-4-7-14(11)9-12-10-15-8-6-13-12/h11-13H,2-10H2,1H3. The first-order valence-corrected chi connectivity index (χ1v) is 6.41. The van der Waals surface area contributed by atoms with E-state index in [1.54, 1.807) is 0 Å². The summed E-state index contributed by atoms with van der Waals surface area (Å²) in [6.45, 7) is 7.61. The molecule has 0 bridgehead atoms. The van der Waals surface area contributed by atoms with Crippen molar-refractivity contribution >= 4 is 0 Å². The van der Waals surface area contributed by atoms with Gasteiger partial charge in [0, 0.05) is 25.2 Å². The van der Waals surface area contributed by atoms with Crippen LogP contribution in [0.1, 0.15) is 32.6 Å². The number of hydrogen-bond donors (Lipinski definition) is 1. The number of hydrogen-bond acceptors (Lipinski definition) is 3. The second-order valence-corrected chi connectivity index (χ2v) is 4.92. The van der Waals surface area contributed by atoms with Crippen LogP contribution in [0.15, 0.2) is 0 Å². The minimum absolute atomic E-state index is 0.555. The van der Waals surface area contributed by atoms with Crippen LogP contribution in [0.4, 0.5) is 0 Å². The highest BCUT2D eigenvalue weighted by Crippen LogP contribution is 2.16. The van der Waals surface area contributed by atoms with E-state index in [0.717, 1.165) is 25.8 Å². The third-order valence-electron chi connectivity index (χ3n) is 3.64. The molecular weight excluding hydrogens is 188 g/mol. The highest BCUT2D eigenvalue weighted by molar-refractivity contribution is 4.79. The molecular formula is C12H24N2O. The number of ether oxygens (including phenoxy) is 1. The summed E-state index contributed by atoms with van der Waals surface area (Å²) in [4.78, 5) is 2.64. The highest BCUT2D eigenvalue weighted by atomic mass is 16.5. The number of morpholine rings is 1. The molecule has 0 spiro atoms. The third kappa shape index (κ3) is 3.44. The van der Waals surface area contributed by atoms with Crippen LogP contribution in [0.25, 0.3) is 0 Å². The fraction of sp³-hybridized carbons (Fsp3) is 1.00. The smallest absolute Gasteiger partial charge is 0.0632 e. The molecule has 1 N–H and O–H groups in total. The SMILES string of the molecule is CC1CCCCCN1CC1COCCN1. The second-order valence-electron chi connectivity index (χ2n) is 4.92. The van der Waals surface area contributed by atoms with Crippen LogP contribution in [0.3, 0.4) is 0 Å². The van der Waals surface area contributed by atoms with Crippen LogP contribution in [0.2, 0.25) is 0 Å². The Morgan fingerprint density at radius 1 is 1.33 bits per heavy atom. The summed E-state index contributed by atoms with van der Waals surface area (Å²) < 4.78 is 5.50. The summed E-state index contributed by atoms with van der Waals surface area (Å²) >= 11 is 0. The van der Waals surface area contributed by atoms with Crippen LogP contribution in [0, 0.1) is 0 Å². The molecule has 2 unspecified atom stereocenters. The monoisotopic (exact) mass is 212 g/mol. The lowest BCUT2D eigenvalue weighted by Gasteiger charge is -2.33. The quantitative estimate of drug-likeness (QED) is 0.745. The van der Waals surface area contributed by atoms with Crippen molar-refractivity contribution in [3.63, 3.8) is 0 Å². The Morgan fingerprint density at radius 3 is 3.07 bits per heavy atom. The molecule has 0 aliphatic carbocycles. The molecule has 15 heavy (non-hydrogen) atoms. The maximum absolute atomic E-state index is 5.50. The fourth-order valence-corrected chi connectivity index (χ4v) is 2.63. The molecule has 0 radical (unpaired) electrons. The Labute approximate surface area is 93.2 Å². The normalized spacial score (nSPS) is 35.0. The van der Waals surface area contributed by atoms with Gasteiger partial charge in [0.2, 0.25) is 0 Å². The van der Waals surface area contributed by atoms with Gasteiger partial charge < -0.3 is 10.1 Å². The molecule has 2 atom stereocenters. The molecule has 0 aromatic rings. The fourth-order valence-electron chi connectivity index (χ4n) is 2.63. The van der Waals surface area contributed by atoms with E-state index in [9.17, 15) is 0 Å². The predicted molar refractivity (Wildman–Crippen MR) is 62.1 cm³/mol. The average Bonchev–Trinajstić information content (AvgIpc) is 2.46. The molecule has 2 rings (SSSR count). The second kappa shape index (κ2) is 5.83. The maximum atomic E-state index is 5.50.